The molecule has 1 amide bonds. The van der Waals surface area contributed by atoms with Gasteiger partial charge in [-0.15, -0.1) is 11.3 Å². The molecule has 2 aliphatic heterocycles. The minimum absolute atomic E-state index is 0.0691. The Hall–Kier alpha value is -3.10. The lowest BCUT2D eigenvalue weighted by atomic mass is 9.89. The van der Waals surface area contributed by atoms with Gasteiger partial charge in [-0.05, 0) is 61.9 Å². The van der Waals surface area contributed by atoms with Crippen molar-refractivity contribution >= 4 is 44.2 Å². The van der Waals surface area contributed by atoms with E-state index in [9.17, 15) is 4.79 Å². The fourth-order valence-corrected chi connectivity index (χ4v) is 6.47. The Morgan fingerprint density at radius 1 is 1.17 bits per heavy atom. The number of ether oxygens (including phenoxy) is 1. The first-order chi connectivity index (χ1) is 16.8. The molecule has 2 N–H and O–H groups in total. The highest BCUT2D eigenvalue weighted by Gasteiger charge is 2.34. The van der Waals surface area contributed by atoms with E-state index in [0.29, 0.717) is 30.4 Å². The molecule has 2 aromatic heterocycles. The Kier molecular flexibility index (Phi) is 5.27. The number of halogens is 1. The van der Waals surface area contributed by atoms with Crippen molar-refractivity contribution in [3.8, 4) is 0 Å². The number of carbonyl (C=O) groups excluding carboxylic acids is 1. The lowest BCUT2D eigenvalue weighted by molar-refractivity contribution is 0.0540. The zero-order chi connectivity index (χ0) is 24.4. The number of hydrogen-bond donors (Lipinski definition) is 1. The number of fused-ring (bicyclic) bond motifs is 4. The van der Waals surface area contributed by atoms with Crippen molar-refractivity contribution in [2.75, 3.05) is 12.3 Å². The van der Waals surface area contributed by atoms with E-state index in [1.807, 2.05) is 24.8 Å². The van der Waals surface area contributed by atoms with Crippen molar-refractivity contribution < 1.29 is 13.9 Å². The molecule has 0 spiro atoms. The highest BCUT2D eigenvalue weighted by Crippen LogP contribution is 2.40. The van der Waals surface area contributed by atoms with E-state index >= 15 is 4.39 Å². The molecule has 6 rings (SSSR count). The summed E-state index contributed by atoms with van der Waals surface area (Å²) in [5.74, 6) is -0.173. The van der Waals surface area contributed by atoms with Crippen LogP contribution in [0.15, 0.2) is 30.3 Å². The number of aryl methyl sites for hydroxylation is 1. The predicted molar refractivity (Wildman–Crippen MR) is 136 cm³/mol. The van der Waals surface area contributed by atoms with Gasteiger partial charge in [-0.2, -0.15) is 0 Å². The second kappa shape index (κ2) is 8.24. The summed E-state index contributed by atoms with van der Waals surface area (Å²) < 4.78 is 22.2. The number of piperidine rings is 1. The van der Waals surface area contributed by atoms with E-state index in [0.717, 1.165) is 50.1 Å². The number of thiazole rings is 1. The van der Waals surface area contributed by atoms with Gasteiger partial charge in [0, 0.05) is 23.6 Å². The summed E-state index contributed by atoms with van der Waals surface area (Å²) in [4.78, 5) is 24.7. The van der Waals surface area contributed by atoms with Gasteiger partial charge in [-0.25, -0.2) is 14.4 Å². The first kappa shape index (κ1) is 22.4. The third-order valence-corrected chi connectivity index (χ3v) is 8.28. The molecular weight excluding hydrogens is 463 g/mol. The minimum atomic E-state index is -0.577. The van der Waals surface area contributed by atoms with E-state index in [1.165, 1.54) is 6.07 Å². The number of rotatable bonds is 2. The fraction of sp³-hybridized carbons (Fsp3) is 0.370. The van der Waals surface area contributed by atoms with Crippen LogP contribution in [0.5, 0.6) is 0 Å². The second-order valence-electron chi connectivity index (χ2n) is 9.81. The maximum atomic E-state index is 15.4. The average Bonchev–Trinajstić information content (AvgIpc) is 3.40. The van der Waals surface area contributed by atoms with Crippen LogP contribution in [0.1, 0.15) is 70.9 Å². The largest absolute Gasteiger partial charge is 0.383 e. The zero-order valence-electron chi connectivity index (χ0n) is 20.0. The maximum absolute atomic E-state index is 15.4. The standard InChI is InChI=1S/C27H27FN4O2S/c1-13-4-7-23(16-5-6-21-24(8-16)35-15(3)30-21)32(11-13)27(33)18-9-17-19-12-34-14(2)25(19)26(29)31-22(17)10-20(18)28/h5-6,8-10,13-14,23H,4,7,11-12H2,1-3H3,(H2,29,31)/t13-,14-,23+/m1/s1. The Bertz CT molecular complexity index is 1500. The number of nitrogens with two attached hydrogens (primary N) is 1. The van der Waals surface area contributed by atoms with Crippen molar-refractivity contribution in [3.05, 3.63) is 63.4 Å². The van der Waals surface area contributed by atoms with Crippen molar-refractivity contribution in [2.45, 2.75) is 52.4 Å². The van der Waals surface area contributed by atoms with Gasteiger partial charge in [0.1, 0.15) is 11.6 Å². The van der Waals surface area contributed by atoms with Crippen molar-refractivity contribution in [1.82, 2.24) is 14.9 Å². The van der Waals surface area contributed by atoms with Crippen LogP contribution < -0.4 is 5.73 Å². The van der Waals surface area contributed by atoms with Crippen LogP contribution in [0.2, 0.25) is 0 Å². The van der Waals surface area contributed by atoms with Crippen LogP contribution >= 0.6 is 11.3 Å². The number of aromatic nitrogens is 2. The minimum Gasteiger partial charge on any atom is -0.383 e. The molecule has 1 saturated heterocycles. The Balaban J connectivity index is 1.43. The molecule has 0 aliphatic carbocycles. The smallest absolute Gasteiger partial charge is 0.257 e. The molecule has 2 aromatic carbocycles. The summed E-state index contributed by atoms with van der Waals surface area (Å²) in [7, 11) is 0. The Morgan fingerprint density at radius 3 is 2.83 bits per heavy atom. The first-order valence-corrected chi connectivity index (χ1v) is 12.8. The number of anilines is 1. The molecule has 0 radical (unpaired) electrons. The molecule has 2 aliphatic rings. The number of pyridine rings is 1. The predicted octanol–water partition coefficient (Wildman–Crippen LogP) is 6.08. The molecule has 8 heteroatoms. The van der Waals surface area contributed by atoms with Crippen LogP contribution in [-0.2, 0) is 11.3 Å². The van der Waals surface area contributed by atoms with Gasteiger partial charge >= 0.3 is 0 Å². The molecule has 4 aromatic rings. The number of carbonyl (C=O) groups is 1. The van der Waals surface area contributed by atoms with Gasteiger partial charge in [-0.1, -0.05) is 13.0 Å². The summed E-state index contributed by atoms with van der Waals surface area (Å²) in [5, 5.41) is 1.74. The van der Waals surface area contributed by atoms with Gasteiger partial charge in [-0.3, -0.25) is 4.79 Å². The SMILES string of the molecule is Cc1nc2ccc([C@@H]3CC[C@@H](C)CN3C(=O)c3cc4c5c(c(N)nc4cc3F)[C@@H](C)OC5)cc2s1. The van der Waals surface area contributed by atoms with Crippen molar-refractivity contribution in [3.63, 3.8) is 0 Å². The van der Waals surface area contributed by atoms with E-state index < -0.39 is 5.82 Å². The van der Waals surface area contributed by atoms with E-state index in [1.54, 1.807) is 17.4 Å². The Labute approximate surface area is 206 Å². The molecule has 4 heterocycles. The highest BCUT2D eigenvalue weighted by molar-refractivity contribution is 7.18. The summed E-state index contributed by atoms with van der Waals surface area (Å²) >= 11 is 1.65. The van der Waals surface area contributed by atoms with Crippen LogP contribution in [0.25, 0.3) is 21.1 Å². The topological polar surface area (TPSA) is 81.3 Å². The quantitative estimate of drug-likeness (QED) is 0.368. The molecular formula is C27H27FN4O2S. The summed E-state index contributed by atoms with van der Waals surface area (Å²) in [6.07, 6.45) is 1.67. The van der Waals surface area contributed by atoms with E-state index in [-0.39, 0.29) is 23.6 Å². The summed E-state index contributed by atoms with van der Waals surface area (Å²) in [6, 6.07) is 9.07. The summed E-state index contributed by atoms with van der Waals surface area (Å²) in [6.45, 7) is 7.01. The molecule has 1 fully saturated rings. The fourth-order valence-electron chi connectivity index (χ4n) is 5.59. The lowest BCUT2D eigenvalue weighted by Crippen LogP contribution is -2.42. The number of nitrogen functional groups attached to an aromatic ring is 1. The van der Waals surface area contributed by atoms with Gasteiger partial charge in [0.15, 0.2) is 0 Å². The molecule has 180 valence electrons. The third-order valence-electron chi connectivity index (χ3n) is 7.35. The van der Waals surface area contributed by atoms with Crippen LogP contribution in [0.4, 0.5) is 10.2 Å². The average molecular weight is 491 g/mol. The highest BCUT2D eigenvalue weighted by atomic mass is 32.1. The van der Waals surface area contributed by atoms with Crippen LogP contribution in [-0.4, -0.2) is 27.3 Å². The number of hydrogen-bond acceptors (Lipinski definition) is 6. The number of benzene rings is 2. The normalized spacial score (nSPS) is 22.2. The van der Waals surface area contributed by atoms with Crippen molar-refractivity contribution in [2.24, 2.45) is 5.92 Å². The zero-order valence-corrected chi connectivity index (χ0v) is 20.8. The molecule has 35 heavy (non-hydrogen) atoms. The molecule has 0 bridgehead atoms. The molecule has 6 nitrogen and oxygen atoms in total. The lowest BCUT2D eigenvalue weighted by Gasteiger charge is -2.39. The monoisotopic (exact) mass is 490 g/mol. The number of nitrogens with zero attached hydrogens (tertiary/aromatic N) is 3. The molecule has 3 atom stereocenters. The van der Waals surface area contributed by atoms with Crippen LogP contribution in [0.3, 0.4) is 0 Å². The Morgan fingerprint density at radius 2 is 2.00 bits per heavy atom. The molecule has 0 saturated carbocycles. The van der Waals surface area contributed by atoms with E-state index in [2.05, 4.69) is 29.0 Å². The number of amides is 1. The van der Waals surface area contributed by atoms with E-state index in [4.69, 9.17) is 10.5 Å². The van der Waals surface area contributed by atoms with Gasteiger partial charge in [0.2, 0.25) is 0 Å². The van der Waals surface area contributed by atoms with Gasteiger partial charge in [0.05, 0.1) is 45.1 Å². The second-order valence-corrected chi connectivity index (χ2v) is 11.0. The summed E-state index contributed by atoms with van der Waals surface area (Å²) in [5.41, 5.74) is 10.4. The third kappa shape index (κ3) is 3.67. The van der Waals surface area contributed by atoms with Gasteiger partial charge < -0.3 is 15.4 Å². The van der Waals surface area contributed by atoms with Crippen molar-refractivity contribution in [1.29, 1.82) is 0 Å². The van der Waals surface area contributed by atoms with Gasteiger partial charge in [0.25, 0.3) is 5.91 Å². The first-order valence-electron chi connectivity index (χ1n) is 12.0. The maximum Gasteiger partial charge on any atom is 0.257 e. The number of likely N-dealkylation sites (tertiary alicyclic amines) is 1. The van der Waals surface area contributed by atoms with Crippen LogP contribution in [0, 0.1) is 18.7 Å². The molecule has 0 unspecified atom stereocenters.